The molecule has 4 nitrogen and oxygen atoms in total. The van der Waals surface area contributed by atoms with Gasteiger partial charge in [-0.1, -0.05) is 24.3 Å². The van der Waals surface area contributed by atoms with Crippen LogP contribution >= 0.6 is 11.6 Å². The van der Waals surface area contributed by atoms with E-state index in [4.69, 9.17) is 11.6 Å². The van der Waals surface area contributed by atoms with E-state index in [1.54, 1.807) is 29.3 Å². The SMILES string of the molecule is O=C(c1ccc[nH]1)N1C[C@@H](CCl)c2c1cc(O)c1ccccc21. The van der Waals surface area contributed by atoms with Crippen LogP contribution in [-0.4, -0.2) is 28.4 Å². The molecule has 0 fully saturated rings. The molecule has 0 radical (unpaired) electrons. The number of amides is 1. The summed E-state index contributed by atoms with van der Waals surface area (Å²) in [6.07, 6.45) is 1.72. The van der Waals surface area contributed by atoms with Crippen molar-refractivity contribution in [2.24, 2.45) is 0 Å². The lowest BCUT2D eigenvalue weighted by Gasteiger charge is -2.17. The summed E-state index contributed by atoms with van der Waals surface area (Å²) in [4.78, 5) is 17.4. The number of hydrogen-bond donors (Lipinski definition) is 2. The van der Waals surface area contributed by atoms with Crippen LogP contribution in [-0.2, 0) is 0 Å². The summed E-state index contributed by atoms with van der Waals surface area (Å²) in [6, 6.07) is 12.9. The maximum Gasteiger partial charge on any atom is 0.274 e. The number of nitrogens with zero attached hydrogens (tertiary/aromatic N) is 1. The first-order chi connectivity index (χ1) is 11.2. The van der Waals surface area contributed by atoms with Crippen LogP contribution in [0.3, 0.4) is 0 Å². The average molecular weight is 327 g/mol. The Hall–Kier alpha value is -2.46. The van der Waals surface area contributed by atoms with Crippen LogP contribution in [0.1, 0.15) is 22.0 Å². The predicted molar refractivity (Wildman–Crippen MR) is 91.5 cm³/mol. The van der Waals surface area contributed by atoms with Gasteiger partial charge in [0.25, 0.3) is 5.91 Å². The Bertz CT molecular complexity index is 889. The van der Waals surface area contributed by atoms with Gasteiger partial charge in [-0.3, -0.25) is 4.79 Å². The Labute approximate surface area is 138 Å². The fraction of sp³-hybridized carbons (Fsp3) is 0.167. The first kappa shape index (κ1) is 14.2. The number of carbonyl (C=O) groups is 1. The average Bonchev–Trinajstić information content (AvgIpc) is 3.22. The van der Waals surface area contributed by atoms with Crippen molar-refractivity contribution in [1.82, 2.24) is 4.98 Å². The summed E-state index contributed by atoms with van der Waals surface area (Å²) in [5.41, 5.74) is 2.30. The second-order valence-corrected chi connectivity index (χ2v) is 6.03. The van der Waals surface area contributed by atoms with Gasteiger partial charge in [-0.05, 0) is 23.1 Å². The van der Waals surface area contributed by atoms with E-state index in [9.17, 15) is 9.90 Å². The Kier molecular flexibility index (Phi) is 3.27. The molecule has 1 aliphatic rings. The minimum absolute atomic E-state index is 0.0519. The molecule has 1 amide bonds. The third-order valence-corrected chi connectivity index (χ3v) is 4.78. The summed E-state index contributed by atoms with van der Waals surface area (Å²) >= 11 is 6.16. The normalized spacial score (nSPS) is 16.7. The second kappa shape index (κ2) is 5.32. The number of aromatic hydroxyl groups is 1. The molecule has 1 atom stereocenters. The lowest BCUT2D eigenvalue weighted by Crippen LogP contribution is -2.30. The van der Waals surface area contributed by atoms with E-state index in [0.717, 1.165) is 22.0 Å². The van der Waals surface area contributed by atoms with E-state index in [0.29, 0.717) is 18.1 Å². The highest BCUT2D eigenvalue weighted by Gasteiger charge is 2.34. The largest absolute Gasteiger partial charge is 0.507 e. The van der Waals surface area contributed by atoms with Crippen LogP contribution in [0.5, 0.6) is 5.75 Å². The number of H-pyrrole nitrogens is 1. The number of hydrogen-bond acceptors (Lipinski definition) is 2. The third-order valence-electron chi connectivity index (χ3n) is 4.40. The Morgan fingerprint density at radius 1 is 1.26 bits per heavy atom. The van der Waals surface area contributed by atoms with E-state index in [-0.39, 0.29) is 17.6 Å². The van der Waals surface area contributed by atoms with Crippen LogP contribution in [0.2, 0.25) is 0 Å². The van der Waals surface area contributed by atoms with Crippen molar-refractivity contribution in [3.8, 4) is 5.75 Å². The van der Waals surface area contributed by atoms with Crippen LogP contribution < -0.4 is 4.90 Å². The van der Waals surface area contributed by atoms with Crippen molar-refractivity contribution in [2.75, 3.05) is 17.3 Å². The van der Waals surface area contributed by atoms with E-state index >= 15 is 0 Å². The summed E-state index contributed by atoms with van der Waals surface area (Å²) in [7, 11) is 0. The molecule has 116 valence electrons. The number of benzene rings is 2. The van der Waals surface area contributed by atoms with Gasteiger partial charge in [0, 0.05) is 36.0 Å². The molecule has 0 bridgehead atoms. The number of phenolic OH excluding ortho intramolecular Hbond substituents is 1. The first-order valence-electron chi connectivity index (χ1n) is 7.46. The molecule has 5 heteroatoms. The minimum Gasteiger partial charge on any atom is -0.507 e. The number of carbonyl (C=O) groups excluding carboxylic acids is 1. The molecule has 2 aromatic carbocycles. The number of aromatic nitrogens is 1. The molecule has 0 unspecified atom stereocenters. The Morgan fingerprint density at radius 2 is 2.04 bits per heavy atom. The molecular formula is C18H15ClN2O2. The first-order valence-corrected chi connectivity index (χ1v) is 8.00. The van der Waals surface area contributed by atoms with Gasteiger partial charge in [-0.2, -0.15) is 0 Å². The van der Waals surface area contributed by atoms with Crippen molar-refractivity contribution in [1.29, 1.82) is 0 Å². The smallest absolute Gasteiger partial charge is 0.274 e. The lowest BCUT2D eigenvalue weighted by molar-refractivity contribution is 0.0984. The van der Waals surface area contributed by atoms with E-state index in [1.807, 2.05) is 24.3 Å². The predicted octanol–water partition coefficient (Wildman–Crippen LogP) is 3.86. The second-order valence-electron chi connectivity index (χ2n) is 5.72. The minimum atomic E-state index is -0.112. The van der Waals surface area contributed by atoms with Crippen molar-refractivity contribution < 1.29 is 9.90 Å². The summed E-state index contributed by atoms with van der Waals surface area (Å²) in [6.45, 7) is 0.518. The molecule has 4 rings (SSSR count). The number of halogens is 1. The number of fused-ring (bicyclic) bond motifs is 3. The zero-order chi connectivity index (χ0) is 16.0. The van der Waals surface area contributed by atoms with E-state index in [1.165, 1.54) is 0 Å². The summed E-state index contributed by atoms with van der Waals surface area (Å²) in [5, 5.41) is 12.1. The maximum atomic E-state index is 12.7. The third kappa shape index (κ3) is 2.10. The molecule has 2 heterocycles. The van der Waals surface area contributed by atoms with Gasteiger partial charge in [0.1, 0.15) is 11.4 Å². The molecule has 23 heavy (non-hydrogen) atoms. The molecule has 0 spiro atoms. The number of aromatic amines is 1. The van der Waals surface area contributed by atoms with Crippen molar-refractivity contribution >= 4 is 34.0 Å². The number of alkyl halides is 1. The maximum absolute atomic E-state index is 12.7. The van der Waals surface area contributed by atoms with E-state index < -0.39 is 0 Å². The Morgan fingerprint density at radius 3 is 2.74 bits per heavy atom. The van der Waals surface area contributed by atoms with E-state index in [2.05, 4.69) is 4.98 Å². The highest BCUT2D eigenvalue weighted by atomic mass is 35.5. The number of nitrogens with one attached hydrogen (secondary N) is 1. The van der Waals surface area contributed by atoms with Crippen LogP contribution in [0, 0.1) is 0 Å². The molecule has 2 N–H and O–H groups in total. The van der Waals surface area contributed by atoms with Gasteiger partial charge in [-0.15, -0.1) is 11.6 Å². The fourth-order valence-electron chi connectivity index (χ4n) is 3.35. The fourth-order valence-corrected chi connectivity index (χ4v) is 3.61. The van der Waals surface area contributed by atoms with Crippen molar-refractivity contribution in [3.63, 3.8) is 0 Å². The molecule has 0 saturated heterocycles. The highest BCUT2D eigenvalue weighted by molar-refractivity contribution is 6.19. The van der Waals surface area contributed by atoms with Crippen LogP contribution in [0.15, 0.2) is 48.7 Å². The van der Waals surface area contributed by atoms with Crippen LogP contribution in [0.4, 0.5) is 5.69 Å². The zero-order valence-electron chi connectivity index (χ0n) is 12.3. The van der Waals surface area contributed by atoms with Gasteiger partial charge >= 0.3 is 0 Å². The zero-order valence-corrected chi connectivity index (χ0v) is 13.0. The monoisotopic (exact) mass is 326 g/mol. The standard InChI is InChI=1S/C18H15ClN2O2/c19-9-11-10-21(18(23)14-6-3-7-20-14)15-8-16(22)12-4-1-2-5-13(12)17(11)15/h1-8,11,20,22H,9-10H2/t11-/m1/s1. The number of rotatable bonds is 2. The van der Waals surface area contributed by atoms with Crippen molar-refractivity contribution in [3.05, 3.63) is 59.9 Å². The van der Waals surface area contributed by atoms with Gasteiger partial charge in [0.05, 0.1) is 5.69 Å². The number of phenols is 1. The number of anilines is 1. The van der Waals surface area contributed by atoms with Gasteiger partial charge in [0.2, 0.25) is 0 Å². The van der Waals surface area contributed by atoms with Gasteiger partial charge in [0.15, 0.2) is 0 Å². The van der Waals surface area contributed by atoms with Gasteiger partial charge < -0.3 is 15.0 Å². The molecule has 0 saturated carbocycles. The molecular weight excluding hydrogens is 312 g/mol. The molecule has 3 aromatic rings. The van der Waals surface area contributed by atoms with Gasteiger partial charge in [-0.25, -0.2) is 0 Å². The van der Waals surface area contributed by atoms with Crippen molar-refractivity contribution in [2.45, 2.75) is 5.92 Å². The lowest BCUT2D eigenvalue weighted by atomic mass is 9.95. The van der Waals surface area contributed by atoms with Crippen LogP contribution in [0.25, 0.3) is 10.8 Å². The Balaban J connectivity index is 1.92. The molecule has 1 aliphatic heterocycles. The molecule has 0 aliphatic carbocycles. The highest BCUT2D eigenvalue weighted by Crippen LogP contribution is 2.45. The summed E-state index contributed by atoms with van der Waals surface area (Å²) in [5.74, 6) is 0.546. The molecule has 1 aromatic heterocycles. The summed E-state index contributed by atoms with van der Waals surface area (Å²) < 4.78 is 0. The topological polar surface area (TPSA) is 56.3 Å². The quantitative estimate of drug-likeness (QED) is 0.703.